The minimum absolute atomic E-state index is 0.137. The number of benzene rings is 2. The van der Waals surface area contributed by atoms with Crippen molar-refractivity contribution < 1.29 is 14.3 Å². The van der Waals surface area contributed by atoms with Crippen LogP contribution in [-0.4, -0.2) is 29.4 Å². The first-order chi connectivity index (χ1) is 13.0. The third kappa shape index (κ3) is 3.69. The number of Topliss-reactive ketones (excluding diaryl/α,β-unsaturated/α-hetero) is 1. The van der Waals surface area contributed by atoms with Gasteiger partial charge in [0.1, 0.15) is 5.75 Å². The van der Waals surface area contributed by atoms with Crippen molar-refractivity contribution in [1.82, 2.24) is 9.88 Å². The van der Waals surface area contributed by atoms with E-state index in [1.165, 1.54) is 0 Å². The molecule has 1 aliphatic carbocycles. The minimum atomic E-state index is -0.550. The summed E-state index contributed by atoms with van der Waals surface area (Å²) in [7, 11) is 1.58. The highest BCUT2D eigenvalue weighted by atomic mass is 35.5. The van der Waals surface area contributed by atoms with Crippen LogP contribution in [0, 0.1) is 0 Å². The summed E-state index contributed by atoms with van der Waals surface area (Å²) in [5.74, 6) is -0.427. The van der Waals surface area contributed by atoms with Crippen LogP contribution in [0.2, 0.25) is 5.02 Å². The Labute approximate surface area is 161 Å². The molecule has 1 saturated carbocycles. The molecule has 138 valence electrons. The average molecular weight is 383 g/mol. The maximum atomic E-state index is 12.7. The second-order valence-corrected chi connectivity index (χ2v) is 7.19. The van der Waals surface area contributed by atoms with E-state index in [9.17, 15) is 9.59 Å². The monoisotopic (exact) mass is 382 g/mol. The molecule has 5 nitrogen and oxygen atoms in total. The van der Waals surface area contributed by atoms with Crippen LogP contribution in [-0.2, 0) is 11.3 Å². The summed E-state index contributed by atoms with van der Waals surface area (Å²) in [5.41, 5.74) is 2.30. The smallest absolute Gasteiger partial charge is 0.292 e. The van der Waals surface area contributed by atoms with E-state index in [0.29, 0.717) is 28.3 Å². The lowest BCUT2D eigenvalue weighted by Gasteiger charge is -2.06. The molecular weight excluding hydrogens is 364 g/mol. The molecule has 0 bridgehead atoms. The molecule has 0 spiro atoms. The molecule has 3 aromatic rings. The van der Waals surface area contributed by atoms with Crippen molar-refractivity contribution >= 4 is 34.2 Å². The minimum Gasteiger partial charge on any atom is -0.497 e. The Morgan fingerprint density at radius 1 is 1.19 bits per heavy atom. The summed E-state index contributed by atoms with van der Waals surface area (Å²) in [6.45, 7) is 0.567. The van der Waals surface area contributed by atoms with Crippen molar-refractivity contribution in [3.05, 3.63) is 64.8 Å². The van der Waals surface area contributed by atoms with Crippen molar-refractivity contribution in [3.8, 4) is 5.75 Å². The summed E-state index contributed by atoms with van der Waals surface area (Å²) in [6.07, 6.45) is 3.61. The molecule has 1 aromatic heterocycles. The first-order valence-corrected chi connectivity index (χ1v) is 9.19. The zero-order valence-electron chi connectivity index (χ0n) is 14.9. The quantitative estimate of drug-likeness (QED) is 0.521. The number of nitrogens with one attached hydrogen (secondary N) is 1. The van der Waals surface area contributed by atoms with Gasteiger partial charge in [-0.3, -0.25) is 9.59 Å². The van der Waals surface area contributed by atoms with Gasteiger partial charge in [0.15, 0.2) is 0 Å². The third-order valence-corrected chi connectivity index (χ3v) is 4.97. The van der Waals surface area contributed by atoms with Crippen LogP contribution in [0.4, 0.5) is 0 Å². The molecular formula is C21H19ClN2O3. The summed E-state index contributed by atoms with van der Waals surface area (Å²) in [4.78, 5) is 25.0. The second-order valence-electron chi connectivity index (χ2n) is 6.76. The number of nitrogens with zero attached hydrogens (tertiary/aromatic N) is 1. The highest BCUT2D eigenvalue weighted by Gasteiger charge is 2.28. The number of fused-ring (bicyclic) bond motifs is 1. The van der Waals surface area contributed by atoms with E-state index >= 15 is 0 Å². The molecule has 1 amide bonds. The van der Waals surface area contributed by atoms with E-state index in [-0.39, 0.29) is 6.04 Å². The van der Waals surface area contributed by atoms with Gasteiger partial charge in [0.2, 0.25) is 0 Å². The van der Waals surface area contributed by atoms with Crippen LogP contribution in [0.3, 0.4) is 0 Å². The maximum Gasteiger partial charge on any atom is 0.292 e. The molecule has 0 radical (unpaired) electrons. The molecule has 0 aliphatic heterocycles. The Morgan fingerprint density at radius 2 is 1.93 bits per heavy atom. The second kappa shape index (κ2) is 7.08. The van der Waals surface area contributed by atoms with Gasteiger partial charge in [-0.25, -0.2) is 0 Å². The van der Waals surface area contributed by atoms with E-state index in [1.807, 2.05) is 41.0 Å². The Balaban J connectivity index is 1.73. The molecule has 2 aromatic carbocycles. The van der Waals surface area contributed by atoms with Crippen molar-refractivity contribution in [3.63, 3.8) is 0 Å². The molecule has 1 N–H and O–H groups in total. The van der Waals surface area contributed by atoms with Gasteiger partial charge in [-0.1, -0.05) is 23.7 Å². The molecule has 27 heavy (non-hydrogen) atoms. The van der Waals surface area contributed by atoms with Gasteiger partial charge in [0.05, 0.1) is 12.7 Å². The van der Waals surface area contributed by atoms with E-state index < -0.39 is 11.7 Å². The first kappa shape index (κ1) is 17.6. The van der Waals surface area contributed by atoms with Crippen molar-refractivity contribution in [2.75, 3.05) is 7.11 Å². The van der Waals surface area contributed by atoms with Crippen LogP contribution in [0.15, 0.2) is 48.7 Å². The highest BCUT2D eigenvalue weighted by molar-refractivity contribution is 6.45. The van der Waals surface area contributed by atoms with E-state index in [1.54, 1.807) is 19.4 Å². The molecule has 1 heterocycles. The number of aromatic nitrogens is 1. The van der Waals surface area contributed by atoms with Crippen LogP contribution in [0.5, 0.6) is 5.75 Å². The van der Waals surface area contributed by atoms with Gasteiger partial charge in [-0.05, 0) is 48.7 Å². The van der Waals surface area contributed by atoms with Gasteiger partial charge in [0, 0.05) is 34.7 Å². The Bertz CT molecular complexity index is 1020. The fraction of sp³-hybridized carbons (Fsp3) is 0.238. The number of carbonyl (C=O) groups excluding carboxylic acids is 2. The summed E-state index contributed by atoms with van der Waals surface area (Å²) in [6, 6.07) is 13.2. The van der Waals surface area contributed by atoms with Gasteiger partial charge in [0.25, 0.3) is 11.7 Å². The lowest BCUT2D eigenvalue weighted by Crippen LogP contribution is -2.32. The predicted molar refractivity (Wildman–Crippen MR) is 105 cm³/mol. The Hall–Kier alpha value is -2.79. The van der Waals surface area contributed by atoms with Gasteiger partial charge in [-0.15, -0.1) is 0 Å². The van der Waals surface area contributed by atoms with Crippen LogP contribution in [0.1, 0.15) is 28.8 Å². The number of methoxy groups -OCH3 is 1. The number of ketones is 1. The van der Waals surface area contributed by atoms with Gasteiger partial charge >= 0.3 is 0 Å². The Kier molecular flexibility index (Phi) is 4.62. The molecule has 6 heteroatoms. The van der Waals surface area contributed by atoms with Gasteiger partial charge < -0.3 is 14.6 Å². The van der Waals surface area contributed by atoms with E-state index in [0.717, 1.165) is 23.9 Å². The Morgan fingerprint density at radius 3 is 2.59 bits per heavy atom. The summed E-state index contributed by atoms with van der Waals surface area (Å²) >= 11 is 5.96. The largest absolute Gasteiger partial charge is 0.497 e. The number of hydrogen-bond acceptors (Lipinski definition) is 3. The van der Waals surface area contributed by atoms with Crippen molar-refractivity contribution in [1.29, 1.82) is 0 Å². The highest BCUT2D eigenvalue weighted by Crippen LogP contribution is 2.28. The molecule has 0 atom stereocenters. The zero-order valence-corrected chi connectivity index (χ0v) is 15.6. The van der Waals surface area contributed by atoms with Crippen LogP contribution >= 0.6 is 11.6 Å². The zero-order chi connectivity index (χ0) is 19.0. The van der Waals surface area contributed by atoms with Crippen molar-refractivity contribution in [2.45, 2.75) is 25.4 Å². The number of amides is 1. The number of carbonyl (C=O) groups is 2. The number of hydrogen-bond donors (Lipinski definition) is 1. The maximum absolute atomic E-state index is 12.7. The first-order valence-electron chi connectivity index (χ1n) is 8.81. The fourth-order valence-electron chi connectivity index (χ4n) is 3.10. The lowest BCUT2D eigenvalue weighted by atomic mass is 10.1. The lowest BCUT2D eigenvalue weighted by molar-refractivity contribution is -0.117. The molecule has 0 unspecified atom stereocenters. The number of rotatable bonds is 6. The average Bonchev–Trinajstić information content (AvgIpc) is 3.43. The van der Waals surface area contributed by atoms with E-state index in [4.69, 9.17) is 16.3 Å². The topological polar surface area (TPSA) is 60.3 Å². The molecule has 4 rings (SSSR count). The SMILES string of the molecule is COc1ccc2c(c1)c(C(=O)C(=O)NC1CC1)cn2Cc1ccc(Cl)cc1. The predicted octanol–water partition coefficient (Wildman–Crippen LogP) is 3.81. The molecule has 1 aliphatic rings. The summed E-state index contributed by atoms with van der Waals surface area (Å²) < 4.78 is 7.26. The normalized spacial score (nSPS) is 13.6. The fourth-order valence-corrected chi connectivity index (χ4v) is 3.23. The van der Waals surface area contributed by atoms with Gasteiger partial charge in [-0.2, -0.15) is 0 Å². The van der Waals surface area contributed by atoms with E-state index in [2.05, 4.69) is 5.32 Å². The third-order valence-electron chi connectivity index (χ3n) is 4.72. The van der Waals surface area contributed by atoms with Crippen LogP contribution < -0.4 is 10.1 Å². The molecule has 1 fully saturated rings. The van der Waals surface area contributed by atoms with Crippen molar-refractivity contribution in [2.24, 2.45) is 0 Å². The molecule has 0 saturated heterocycles. The summed E-state index contributed by atoms with van der Waals surface area (Å²) in [5, 5.41) is 4.15. The number of ether oxygens (including phenoxy) is 1. The number of halogens is 1. The standard InChI is InChI=1S/C21H19ClN2O3/c1-27-16-8-9-19-17(10-16)18(20(25)21(26)23-15-6-7-15)12-24(19)11-13-2-4-14(22)5-3-13/h2-5,8-10,12,15H,6-7,11H2,1H3,(H,23,26). The van der Waals surface area contributed by atoms with Crippen LogP contribution in [0.25, 0.3) is 10.9 Å².